The molecule has 0 saturated carbocycles. The first-order valence-electron chi connectivity index (χ1n) is 9.87. The van der Waals surface area contributed by atoms with E-state index in [1.54, 1.807) is 18.2 Å². The van der Waals surface area contributed by atoms with Crippen LogP contribution >= 0.6 is 0 Å². The summed E-state index contributed by atoms with van der Waals surface area (Å²) >= 11 is 0. The quantitative estimate of drug-likeness (QED) is 0.418. The molecule has 0 aliphatic carbocycles. The maximum absolute atomic E-state index is 13.1. The van der Waals surface area contributed by atoms with Gasteiger partial charge in [-0.05, 0) is 50.0 Å². The number of carbonyl (C=O) groups is 1. The number of H-pyrrole nitrogens is 1. The molecule has 8 nitrogen and oxygen atoms in total. The van der Waals surface area contributed by atoms with Crippen LogP contribution in [0.25, 0.3) is 22.2 Å². The van der Waals surface area contributed by atoms with E-state index >= 15 is 0 Å². The van der Waals surface area contributed by atoms with Gasteiger partial charge in [-0.3, -0.25) is 14.8 Å². The minimum Gasteiger partial charge on any atom is -0.324 e. The molecule has 0 saturated heterocycles. The molecule has 32 heavy (non-hydrogen) atoms. The molecule has 1 amide bonds. The molecule has 0 radical (unpaired) electrons. The number of benzene rings is 3. The predicted octanol–water partition coefficient (Wildman–Crippen LogP) is 3.12. The molecule has 1 atom stereocenters. The van der Waals surface area contributed by atoms with Crippen molar-refractivity contribution in [3.8, 4) is 11.3 Å². The Hall–Kier alpha value is -3.53. The molecular formula is C23H23N5O3S. The Labute approximate surface area is 186 Å². The van der Waals surface area contributed by atoms with Crippen molar-refractivity contribution in [3.63, 3.8) is 0 Å². The average molecular weight is 450 g/mol. The first-order chi connectivity index (χ1) is 15.2. The van der Waals surface area contributed by atoms with Gasteiger partial charge in [0.15, 0.2) is 0 Å². The van der Waals surface area contributed by atoms with Gasteiger partial charge < -0.3 is 5.32 Å². The number of sulfonamides is 1. The van der Waals surface area contributed by atoms with Gasteiger partial charge in [0.05, 0.1) is 10.4 Å². The molecule has 164 valence electrons. The summed E-state index contributed by atoms with van der Waals surface area (Å²) in [5, 5.41) is 16.3. The third-order valence-electron chi connectivity index (χ3n) is 5.15. The summed E-state index contributed by atoms with van der Waals surface area (Å²) in [6.45, 7) is 0. The summed E-state index contributed by atoms with van der Waals surface area (Å²) in [4.78, 5) is 14.9. The molecule has 0 fully saturated rings. The maximum atomic E-state index is 13.1. The number of fused-ring (bicyclic) bond motifs is 1. The van der Waals surface area contributed by atoms with Crippen LogP contribution in [-0.2, 0) is 14.8 Å². The van der Waals surface area contributed by atoms with Crippen molar-refractivity contribution in [2.45, 2.75) is 10.9 Å². The molecule has 3 aromatic carbocycles. The van der Waals surface area contributed by atoms with Gasteiger partial charge in [0.1, 0.15) is 11.7 Å². The lowest BCUT2D eigenvalue weighted by molar-refractivity contribution is -0.120. The molecule has 0 bridgehead atoms. The van der Waals surface area contributed by atoms with E-state index in [1.807, 2.05) is 61.5 Å². The van der Waals surface area contributed by atoms with Gasteiger partial charge in [-0.1, -0.05) is 42.5 Å². The van der Waals surface area contributed by atoms with Crippen LogP contribution in [0.1, 0.15) is 11.6 Å². The fraction of sp³-hybridized carbons (Fsp3) is 0.130. The van der Waals surface area contributed by atoms with E-state index in [0.717, 1.165) is 16.5 Å². The molecule has 4 rings (SSSR count). The Morgan fingerprint density at radius 3 is 2.47 bits per heavy atom. The normalized spacial score (nSPS) is 12.8. The van der Waals surface area contributed by atoms with Crippen LogP contribution in [0.4, 0.5) is 5.69 Å². The Bertz CT molecular complexity index is 1380. The van der Waals surface area contributed by atoms with Crippen LogP contribution in [0.5, 0.6) is 0 Å². The number of aromatic amines is 1. The zero-order valence-electron chi connectivity index (χ0n) is 17.6. The zero-order valence-corrected chi connectivity index (χ0v) is 18.4. The zero-order chi connectivity index (χ0) is 22.9. The summed E-state index contributed by atoms with van der Waals surface area (Å²) in [6.07, 6.45) is 0. The topological polar surface area (TPSA) is 121 Å². The van der Waals surface area contributed by atoms with E-state index in [1.165, 1.54) is 12.1 Å². The number of nitrogens with one attached hydrogen (secondary N) is 2. The number of hydrogen-bond acceptors (Lipinski definition) is 5. The van der Waals surface area contributed by atoms with Crippen molar-refractivity contribution in [1.29, 1.82) is 0 Å². The first-order valence-corrected chi connectivity index (χ1v) is 11.4. The second-order valence-corrected chi connectivity index (χ2v) is 9.23. The fourth-order valence-electron chi connectivity index (χ4n) is 3.66. The lowest BCUT2D eigenvalue weighted by atomic mass is 10.0. The van der Waals surface area contributed by atoms with Crippen LogP contribution in [0.2, 0.25) is 0 Å². The molecule has 1 heterocycles. The van der Waals surface area contributed by atoms with Crippen molar-refractivity contribution in [2.75, 3.05) is 19.4 Å². The number of hydrogen-bond donors (Lipinski definition) is 3. The van der Waals surface area contributed by atoms with E-state index in [-0.39, 0.29) is 10.8 Å². The van der Waals surface area contributed by atoms with E-state index in [2.05, 4.69) is 15.5 Å². The van der Waals surface area contributed by atoms with Crippen LogP contribution in [0.15, 0.2) is 77.7 Å². The summed E-state index contributed by atoms with van der Waals surface area (Å²) in [5.41, 5.74) is 3.41. The van der Waals surface area contributed by atoms with Gasteiger partial charge in [0, 0.05) is 16.6 Å². The largest absolute Gasteiger partial charge is 0.324 e. The molecular weight excluding hydrogens is 426 g/mol. The van der Waals surface area contributed by atoms with Crippen LogP contribution in [-0.4, -0.2) is 43.5 Å². The smallest absolute Gasteiger partial charge is 0.246 e. The third kappa shape index (κ3) is 4.40. The molecule has 0 aliphatic rings. The SMILES string of the molecule is CN(C)[C@H](C(=O)Nc1ccc2[nH]nc(-c3cccc(S(N)(=O)=O)c3)c2c1)c1ccccc1. The molecule has 1 aromatic heterocycles. The Balaban J connectivity index is 1.68. The highest BCUT2D eigenvalue weighted by molar-refractivity contribution is 7.89. The van der Waals surface area contributed by atoms with Crippen LogP contribution in [0, 0.1) is 0 Å². The number of nitrogens with two attached hydrogens (primary N) is 1. The minimum atomic E-state index is -3.84. The second-order valence-electron chi connectivity index (χ2n) is 7.67. The van der Waals surface area contributed by atoms with Gasteiger partial charge in [0.2, 0.25) is 15.9 Å². The summed E-state index contributed by atoms with van der Waals surface area (Å²) in [6, 6.07) is 20.8. The highest BCUT2D eigenvalue weighted by atomic mass is 32.2. The minimum absolute atomic E-state index is 0.00675. The van der Waals surface area contributed by atoms with Gasteiger partial charge in [0.25, 0.3) is 0 Å². The van der Waals surface area contributed by atoms with Crippen molar-refractivity contribution < 1.29 is 13.2 Å². The number of anilines is 1. The van der Waals surface area contributed by atoms with Gasteiger partial charge >= 0.3 is 0 Å². The summed E-state index contributed by atoms with van der Waals surface area (Å²) in [5.74, 6) is -0.165. The number of likely N-dealkylation sites (N-methyl/N-ethyl adjacent to an activating group) is 1. The number of carbonyl (C=O) groups excluding carboxylic acids is 1. The van der Waals surface area contributed by atoms with Crippen molar-refractivity contribution in [3.05, 3.63) is 78.4 Å². The molecule has 4 aromatic rings. The summed E-state index contributed by atoms with van der Waals surface area (Å²) in [7, 11) is -0.129. The number of primary sulfonamides is 1. The van der Waals surface area contributed by atoms with E-state index in [9.17, 15) is 13.2 Å². The van der Waals surface area contributed by atoms with E-state index in [0.29, 0.717) is 16.9 Å². The number of amides is 1. The highest BCUT2D eigenvalue weighted by Crippen LogP contribution is 2.30. The predicted molar refractivity (Wildman–Crippen MR) is 124 cm³/mol. The first kappa shape index (κ1) is 21.7. The lowest BCUT2D eigenvalue weighted by Gasteiger charge is -2.23. The molecule has 9 heteroatoms. The Morgan fingerprint density at radius 2 is 1.78 bits per heavy atom. The fourth-order valence-corrected chi connectivity index (χ4v) is 4.22. The second kappa shape index (κ2) is 8.54. The van der Waals surface area contributed by atoms with Crippen LogP contribution < -0.4 is 10.5 Å². The monoisotopic (exact) mass is 449 g/mol. The molecule has 0 unspecified atom stereocenters. The van der Waals surface area contributed by atoms with Crippen molar-refractivity contribution in [1.82, 2.24) is 15.1 Å². The van der Waals surface area contributed by atoms with Gasteiger partial charge in [-0.15, -0.1) is 0 Å². The van der Waals surface area contributed by atoms with Crippen molar-refractivity contribution in [2.24, 2.45) is 5.14 Å². The molecule has 4 N–H and O–H groups in total. The number of nitrogens with zero attached hydrogens (tertiary/aromatic N) is 2. The van der Waals surface area contributed by atoms with Gasteiger partial charge in [-0.25, -0.2) is 13.6 Å². The highest BCUT2D eigenvalue weighted by Gasteiger charge is 2.23. The maximum Gasteiger partial charge on any atom is 0.246 e. The molecule has 0 aliphatic heterocycles. The Morgan fingerprint density at radius 1 is 1.03 bits per heavy atom. The van der Waals surface area contributed by atoms with Crippen LogP contribution in [0.3, 0.4) is 0 Å². The Kier molecular flexibility index (Phi) is 5.79. The summed E-state index contributed by atoms with van der Waals surface area (Å²) < 4.78 is 23.5. The third-order valence-corrected chi connectivity index (χ3v) is 6.06. The van der Waals surface area contributed by atoms with E-state index in [4.69, 9.17) is 5.14 Å². The van der Waals surface area contributed by atoms with Gasteiger partial charge in [-0.2, -0.15) is 5.10 Å². The lowest BCUT2D eigenvalue weighted by Crippen LogP contribution is -2.32. The number of rotatable bonds is 6. The van der Waals surface area contributed by atoms with E-state index < -0.39 is 16.1 Å². The number of aromatic nitrogens is 2. The molecule has 0 spiro atoms. The average Bonchev–Trinajstić information content (AvgIpc) is 3.17. The standard InChI is InChI=1S/C23H23N5O3S/c1-28(2)22(15-7-4-3-5-8-15)23(29)25-17-11-12-20-19(14-17)21(27-26-20)16-9-6-10-18(13-16)32(24,30)31/h3-14,22H,1-2H3,(H,25,29)(H,26,27)(H2,24,30,31)/t22-/m0/s1. The van der Waals surface area contributed by atoms with Crippen molar-refractivity contribution >= 4 is 32.5 Å².